The lowest BCUT2D eigenvalue weighted by Gasteiger charge is -2.29. The Balaban J connectivity index is 1.79. The molecule has 0 radical (unpaired) electrons. The Morgan fingerprint density at radius 2 is 1.76 bits per heavy atom. The number of rotatable bonds is 7. The predicted octanol–water partition coefficient (Wildman–Crippen LogP) is 2.01. The van der Waals surface area contributed by atoms with Gasteiger partial charge in [0.2, 0.25) is 10.0 Å². The van der Waals surface area contributed by atoms with Crippen LogP contribution in [0.4, 0.5) is 4.39 Å². The first-order valence-electron chi connectivity index (χ1n) is 9.65. The first kappa shape index (κ1) is 21.4. The number of nitrogens with one attached hydrogen (secondary N) is 1. The van der Waals surface area contributed by atoms with Crippen molar-refractivity contribution < 1.29 is 17.6 Å². The lowest BCUT2D eigenvalue weighted by atomic mass is 10.1. The van der Waals surface area contributed by atoms with Gasteiger partial charge in [0.25, 0.3) is 5.91 Å². The molecule has 29 heavy (non-hydrogen) atoms. The highest BCUT2D eigenvalue weighted by molar-refractivity contribution is 7.89. The van der Waals surface area contributed by atoms with E-state index in [-0.39, 0.29) is 30.6 Å². The first-order valence-corrected chi connectivity index (χ1v) is 11.3. The first-order chi connectivity index (χ1) is 13.9. The molecule has 0 bridgehead atoms. The average Bonchev–Trinajstić information content (AvgIpc) is 2.73. The summed E-state index contributed by atoms with van der Waals surface area (Å²) in [4.78, 5) is 14.7. The van der Waals surface area contributed by atoms with Crippen LogP contribution in [0.1, 0.15) is 21.5 Å². The molecule has 1 N–H and O–H groups in total. The minimum absolute atomic E-state index is 0.0663. The molecule has 0 atom stereocenters. The number of benzene rings is 2. The summed E-state index contributed by atoms with van der Waals surface area (Å²) in [5.41, 5.74) is 2.11. The van der Waals surface area contributed by atoms with E-state index in [9.17, 15) is 17.6 Å². The topological polar surface area (TPSA) is 69.7 Å². The highest BCUT2D eigenvalue weighted by Gasteiger charge is 2.26. The van der Waals surface area contributed by atoms with Gasteiger partial charge in [-0.2, -0.15) is 4.31 Å². The second-order valence-electron chi connectivity index (χ2n) is 7.13. The van der Waals surface area contributed by atoms with Gasteiger partial charge in [0.15, 0.2) is 0 Å². The van der Waals surface area contributed by atoms with Crippen LogP contribution in [0.5, 0.6) is 0 Å². The van der Waals surface area contributed by atoms with E-state index in [0.29, 0.717) is 31.7 Å². The molecule has 2 aromatic carbocycles. The van der Waals surface area contributed by atoms with Crippen molar-refractivity contribution in [3.8, 4) is 0 Å². The van der Waals surface area contributed by atoms with Gasteiger partial charge in [0, 0.05) is 44.8 Å². The monoisotopic (exact) mass is 419 g/mol. The normalized spacial score (nSPS) is 15.2. The second kappa shape index (κ2) is 9.47. The van der Waals surface area contributed by atoms with E-state index >= 15 is 0 Å². The number of piperazine rings is 1. The van der Waals surface area contributed by atoms with E-state index in [1.165, 1.54) is 21.3 Å². The second-order valence-corrected chi connectivity index (χ2v) is 9.22. The third-order valence-corrected chi connectivity index (χ3v) is 6.89. The van der Waals surface area contributed by atoms with Crippen molar-refractivity contribution in [1.29, 1.82) is 0 Å². The Labute approximate surface area is 171 Å². The van der Waals surface area contributed by atoms with Gasteiger partial charge in [-0.1, -0.05) is 30.3 Å². The maximum absolute atomic E-state index is 13.2. The van der Waals surface area contributed by atoms with Crippen molar-refractivity contribution in [2.24, 2.45) is 0 Å². The SMILES string of the molecule is Cc1ccccc1C(=O)N(CCS(=O)(=O)N1CCNCC1)Cc1ccc(F)cc1. The number of sulfonamides is 1. The molecule has 0 spiro atoms. The summed E-state index contributed by atoms with van der Waals surface area (Å²) in [7, 11) is -3.46. The number of nitrogens with zero attached hydrogens (tertiary/aromatic N) is 2. The van der Waals surface area contributed by atoms with Crippen molar-refractivity contribution in [2.45, 2.75) is 13.5 Å². The Kier molecular flexibility index (Phi) is 7.00. The van der Waals surface area contributed by atoms with E-state index in [1.807, 2.05) is 19.1 Å². The Hall–Kier alpha value is -2.29. The summed E-state index contributed by atoms with van der Waals surface area (Å²) in [6.45, 7) is 4.25. The summed E-state index contributed by atoms with van der Waals surface area (Å²) in [6, 6.07) is 13.1. The van der Waals surface area contributed by atoms with E-state index in [2.05, 4.69) is 5.32 Å². The molecule has 1 aliphatic heterocycles. The highest BCUT2D eigenvalue weighted by Crippen LogP contribution is 2.15. The molecule has 1 fully saturated rings. The lowest BCUT2D eigenvalue weighted by Crippen LogP contribution is -2.48. The minimum Gasteiger partial charge on any atom is -0.333 e. The van der Waals surface area contributed by atoms with Crippen molar-refractivity contribution in [3.05, 3.63) is 71.0 Å². The number of carbonyl (C=O) groups excluding carboxylic acids is 1. The van der Waals surface area contributed by atoms with Crippen LogP contribution < -0.4 is 5.32 Å². The molecule has 156 valence electrons. The Morgan fingerprint density at radius 3 is 2.41 bits per heavy atom. The van der Waals surface area contributed by atoms with E-state index < -0.39 is 10.0 Å². The van der Waals surface area contributed by atoms with Gasteiger partial charge in [-0.25, -0.2) is 12.8 Å². The van der Waals surface area contributed by atoms with E-state index in [1.54, 1.807) is 24.3 Å². The van der Waals surface area contributed by atoms with Crippen LogP contribution in [0, 0.1) is 12.7 Å². The Bertz CT molecular complexity index is 942. The largest absolute Gasteiger partial charge is 0.333 e. The molecular formula is C21H26FN3O3S. The van der Waals surface area contributed by atoms with Crippen LogP contribution in [-0.4, -0.2) is 62.0 Å². The van der Waals surface area contributed by atoms with Gasteiger partial charge in [-0.15, -0.1) is 0 Å². The Morgan fingerprint density at radius 1 is 1.10 bits per heavy atom. The lowest BCUT2D eigenvalue weighted by molar-refractivity contribution is 0.0752. The molecular weight excluding hydrogens is 393 g/mol. The van der Waals surface area contributed by atoms with Crippen molar-refractivity contribution in [3.63, 3.8) is 0 Å². The number of carbonyl (C=O) groups is 1. The number of aryl methyl sites for hydroxylation is 1. The summed E-state index contributed by atoms with van der Waals surface area (Å²) in [5, 5.41) is 3.13. The quantitative estimate of drug-likeness (QED) is 0.746. The van der Waals surface area contributed by atoms with Crippen LogP contribution in [0.3, 0.4) is 0 Å². The molecule has 1 amide bonds. The van der Waals surface area contributed by atoms with Gasteiger partial charge >= 0.3 is 0 Å². The van der Waals surface area contributed by atoms with Crippen LogP contribution >= 0.6 is 0 Å². The maximum Gasteiger partial charge on any atom is 0.254 e. The van der Waals surface area contributed by atoms with E-state index in [4.69, 9.17) is 0 Å². The standard InChI is InChI=1S/C21H26FN3O3S/c1-17-4-2-3-5-20(17)21(26)24(16-18-6-8-19(22)9-7-18)14-15-29(27,28)25-12-10-23-11-13-25/h2-9,23H,10-16H2,1H3. The smallest absolute Gasteiger partial charge is 0.254 e. The summed E-state index contributed by atoms with van der Waals surface area (Å²) in [6.07, 6.45) is 0. The number of hydrogen-bond donors (Lipinski definition) is 1. The zero-order valence-electron chi connectivity index (χ0n) is 16.5. The van der Waals surface area contributed by atoms with Crippen LogP contribution in [0.25, 0.3) is 0 Å². The molecule has 3 rings (SSSR count). The zero-order chi connectivity index (χ0) is 20.9. The molecule has 0 unspecified atom stereocenters. The molecule has 0 aromatic heterocycles. The molecule has 1 heterocycles. The zero-order valence-corrected chi connectivity index (χ0v) is 17.3. The molecule has 1 saturated heterocycles. The molecule has 6 nitrogen and oxygen atoms in total. The van der Waals surface area contributed by atoms with Crippen LogP contribution in [0.2, 0.25) is 0 Å². The van der Waals surface area contributed by atoms with Gasteiger partial charge in [0.05, 0.1) is 5.75 Å². The number of halogens is 1. The predicted molar refractivity (Wildman–Crippen MR) is 111 cm³/mol. The number of amides is 1. The van der Waals surface area contributed by atoms with Crippen molar-refractivity contribution in [1.82, 2.24) is 14.5 Å². The fraction of sp³-hybridized carbons (Fsp3) is 0.381. The fourth-order valence-electron chi connectivity index (χ4n) is 3.32. The summed E-state index contributed by atoms with van der Waals surface area (Å²) < 4.78 is 40.2. The van der Waals surface area contributed by atoms with Gasteiger partial charge in [-0.3, -0.25) is 4.79 Å². The average molecular weight is 420 g/mol. The molecule has 0 aliphatic carbocycles. The van der Waals surface area contributed by atoms with Gasteiger partial charge in [-0.05, 0) is 36.2 Å². The third kappa shape index (κ3) is 5.62. The van der Waals surface area contributed by atoms with Crippen LogP contribution in [0.15, 0.2) is 48.5 Å². The molecule has 8 heteroatoms. The fourth-order valence-corrected chi connectivity index (χ4v) is 4.77. The number of hydrogen-bond acceptors (Lipinski definition) is 4. The summed E-state index contributed by atoms with van der Waals surface area (Å²) in [5.74, 6) is -0.735. The minimum atomic E-state index is -3.46. The van der Waals surface area contributed by atoms with E-state index in [0.717, 1.165) is 11.1 Å². The van der Waals surface area contributed by atoms with Gasteiger partial charge in [0.1, 0.15) is 5.82 Å². The van der Waals surface area contributed by atoms with Crippen LogP contribution in [-0.2, 0) is 16.6 Å². The van der Waals surface area contributed by atoms with Crippen molar-refractivity contribution in [2.75, 3.05) is 38.5 Å². The highest BCUT2D eigenvalue weighted by atomic mass is 32.2. The molecule has 2 aromatic rings. The maximum atomic E-state index is 13.2. The molecule has 1 aliphatic rings. The molecule has 0 saturated carbocycles. The third-order valence-electron chi connectivity index (χ3n) is 5.04. The van der Waals surface area contributed by atoms with Crippen molar-refractivity contribution >= 4 is 15.9 Å². The summed E-state index contributed by atoms with van der Waals surface area (Å²) >= 11 is 0. The van der Waals surface area contributed by atoms with Gasteiger partial charge < -0.3 is 10.2 Å².